The second kappa shape index (κ2) is 6.03. The minimum Gasteiger partial charge on any atom is -0.446 e. The highest BCUT2D eigenvalue weighted by Gasteiger charge is 2.24. The van der Waals surface area contributed by atoms with Crippen LogP contribution in [0.15, 0.2) is 67.7 Å². The van der Waals surface area contributed by atoms with E-state index in [0.717, 1.165) is 11.3 Å². The Morgan fingerprint density at radius 2 is 2.00 bits per heavy atom. The number of benzene rings is 1. The van der Waals surface area contributed by atoms with Crippen LogP contribution in [0.5, 0.6) is 0 Å². The average Bonchev–Trinajstić information content (AvgIpc) is 3.28. The summed E-state index contributed by atoms with van der Waals surface area (Å²) in [6.45, 7) is 0. The number of nitrogens with two attached hydrogens (primary N) is 1. The third-order valence-electron chi connectivity index (χ3n) is 3.77. The summed E-state index contributed by atoms with van der Waals surface area (Å²) in [5.41, 5.74) is 8.30. The maximum absolute atomic E-state index is 12.2. The van der Waals surface area contributed by atoms with E-state index in [9.17, 15) is 8.42 Å². The Kier molecular flexibility index (Phi) is 3.83. The Bertz CT molecular complexity index is 1010. The largest absolute Gasteiger partial charge is 0.446 e. The molecule has 0 aliphatic carbocycles. The summed E-state index contributed by atoms with van der Waals surface area (Å²) in [7, 11) is -3.56. The van der Waals surface area contributed by atoms with Crippen molar-refractivity contribution in [3.05, 3.63) is 59.7 Å². The molecule has 1 aliphatic heterocycles. The summed E-state index contributed by atoms with van der Waals surface area (Å²) in [5, 5.41) is 1.72. The van der Waals surface area contributed by atoms with Gasteiger partial charge in [0.2, 0.25) is 5.88 Å². The predicted octanol–water partition coefficient (Wildman–Crippen LogP) is 3.28. The summed E-state index contributed by atoms with van der Waals surface area (Å²) in [4.78, 5) is 6.01. The van der Waals surface area contributed by atoms with Gasteiger partial charge in [-0.3, -0.25) is 4.72 Å². The Balaban J connectivity index is 1.55. The minimum absolute atomic E-state index is 0.272. The molecule has 1 unspecified atom stereocenters. The van der Waals surface area contributed by atoms with Gasteiger partial charge in [-0.25, -0.2) is 13.4 Å². The molecule has 9 heteroatoms. The highest BCUT2D eigenvalue weighted by molar-refractivity contribution is 7.94. The molecular formula is C16H14N4O3S2. The van der Waals surface area contributed by atoms with Gasteiger partial charge in [0.1, 0.15) is 16.7 Å². The van der Waals surface area contributed by atoms with E-state index in [2.05, 4.69) is 9.71 Å². The number of fused-ring (bicyclic) bond motifs is 1. The smallest absolute Gasteiger partial charge is 0.271 e. The quantitative estimate of drug-likeness (QED) is 0.730. The fourth-order valence-corrected chi connectivity index (χ4v) is 4.58. The number of aliphatic imine (C=N–C) groups is 1. The number of nitrogens with one attached hydrogen (secondary N) is 1. The van der Waals surface area contributed by atoms with Crippen molar-refractivity contribution in [3.63, 3.8) is 0 Å². The van der Waals surface area contributed by atoms with Crippen molar-refractivity contribution in [2.24, 2.45) is 10.7 Å². The van der Waals surface area contributed by atoms with Gasteiger partial charge in [0.15, 0.2) is 0 Å². The lowest BCUT2D eigenvalue weighted by atomic mass is 10.2. The molecule has 0 amide bonds. The Morgan fingerprint density at radius 1 is 1.20 bits per heavy atom. The first-order valence-corrected chi connectivity index (χ1v) is 9.73. The van der Waals surface area contributed by atoms with Crippen molar-refractivity contribution in [2.45, 2.75) is 10.4 Å². The number of nitrogens with zero attached hydrogens (tertiary/aromatic N) is 2. The van der Waals surface area contributed by atoms with E-state index < -0.39 is 16.2 Å². The summed E-state index contributed by atoms with van der Waals surface area (Å²) >= 11 is 1.17. The fraction of sp³-hybridized carbons (Fsp3) is 0.0625. The maximum Gasteiger partial charge on any atom is 0.271 e. The molecule has 0 saturated carbocycles. The summed E-state index contributed by atoms with van der Waals surface area (Å²) in [5.74, 6) is 0.504. The van der Waals surface area contributed by atoms with Crippen LogP contribution in [0.25, 0.3) is 0 Å². The molecule has 0 saturated heterocycles. The lowest BCUT2D eigenvalue weighted by Gasteiger charge is -2.29. The summed E-state index contributed by atoms with van der Waals surface area (Å²) in [6, 6.07) is 12.0. The van der Waals surface area contributed by atoms with Gasteiger partial charge in [-0.15, -0.1) is 11.3 Å². The van der Waals surface area contributed by atoms with Crippen LogP contribution >= 0.6 is 11.3 Å². The molecule has 2 aromatic heterocycles. The number of rotatable bonds is 4. The van der Waals surface area contributed by atoms with Crippen molar-refractivity contribution in [3.8, 4) is 0 Å². The first kappa shape index (κ1) is 15.9. The molecule has 1 aromatic carbocycles. The Morgan fingerprint density at radius 3 is 2.72 bits per heavy atom. The van der Waals surface area contributed by atoms with Crippen molar-refractivity contribution in [1.29, 1.82) is 0 Å². The predicted molar refractivity (Wildman–Crippen MR) is 97.8 cm³/mol. The molecule has 1 aliphatic rings. The summed E-state index contributed by atoms with van der Waals surface area (Å²) in [6.07, 6.45) is 2.73. The van der Waals surface area contributed by atoms with Gasteiger partial charge < -0.3 is 15.1 Å². The monoisotopic (exact) mass is 374 g/mol. The van der Waals surface area contributed by atoms with Crippen molar-refractivity contribution < 1.29 is 12.8 Å². The second-order valence-electron chi connectivity index (χ2n) is 5.36. The van der Waals surface area contributed by atoms with E-state index in [-0.39, 0.29) is 4.21 Å². The van der Waals surface area contributed by atoms with Gasteiger partial charge in [0.25, 0.3) is 10.0 Å². The molecule has 1 atom stereocenters. The zero-order valence-corrected chi connectivity index (χ0v) is 14.5. The standard InChI is InChI=1S/C16H14N4O3S2/c17-15-13-7-8-23-16(13)18-10-20(15)12-5-3-11(4-6-12)19-25(21,22)14-2-1-9-24-14/h1-10,15,19H,17H2. The minimum atomic E-state index is -3.56. The topological polar surface area (TPSA) is 101 Å². The normalized spacial score (nSPS) is 16.7. The number of sulfonamides is 1. The van der Waals surface area contributed by atoms with Crippen molar-refractivity contribution in [2.75, 3.05) is 9.62 Å². The third-order valence-corrected chi connectivity index (χ3v) is 6.55. The van der Waals surface area contributed by atoms with E-state index in [1.54, 1.807) is 65.3 Å². The third kappa shape index (κ3) is 2.93. The van der Waals surface area contributed by atoms with Crippen LogP contribution in [0.1, 0.15) is 11.7 Å². The first-order chi connectivity index (χ1) is 12.0. The molecule has 7 nitrogen and oxygen atoms in total. The van der Waals surface area contributed by atoms with Gasteiger partial charge in [0.05, 0.1) is 11.8 Å². The molecule has 3 aromatic rings. The van der Waals surface area contributed by atoms with Crippen LogP contribution in [0, 0.1) is 0 Å². The molecule has 25 heavy (non-hydrogen) atoms. The van der Waals surface area contributed by atoms with Gasteiger partial charge in [-0.2, -0.15) is 0 Å². The van der Waals surface area contributed by atoms with E-state index in [1.807, 2.05) is 0 Å². The highest BCUT2D eigenvalue weighted by Crippen LogP contribution is 2.34. The van der Waals surface area contributed by atoms with E-state index in [4.69, 9.17) is 10.2 Å². The molecule has 0 radical (unpaired) electrons. The molecule has 3 N–H and O–H groups in total. The molecule has 0 spiro atoms. The zero-order valence-electron chi connectivity index (χ0n) is 12.9. The maximum atomic E-state index is 12.2. The highest BCUT2D eigenvalue weighted by atomic mass is 32.2. The average molecular weight is 374 g/mol. The lowest BCUT2D eigenvalue weighted by molar-refractivity contribution is 0.567. The lowest BCUT2D eigenvalue weighted by Crippen LogP contribution is -2.35. The number of thiophene rings is 1. The Labute approximate surface area is 148 Å². The van der Waals surface area contributed by atoms with Crippen LogP contribution in [-0.2, 0) is 10.0 Å². The molecule has 0 bridgehead atoms. The van der Waals surface area contributed by atoms with Crippen LogP contribution in [0.3, 0.4) is 0 Å². The van der Waals surface area contributed by atoms with Crippen LogP contribution in [-0.4, -0.2) is 14.8 Å². The number of hydrogen-bond acceptors (Lipinski definition) is 7. The Hall–Kier alpha value is -2.62. The van der Waals surface area contributed by atoms with Crippen molar-refractivity contribution >= 4 is 45.0 Å². The molecular weight excluding hydrogens is 360 g/mol. The van der Waals surface area contributed by atoms with Gasteiger partial charge >= 0.3 is 0 Å². The van der Waals surface area contributed by atoms with E-state index in [1.165, 1.54) is 11.3 Å². The molecule has 4 rings (SSSR count). The SMILES string of the molecule is NC1c2ccoc2N=CN1c1ccc(NS(=O)(=O)c2cccs2)cc1. The molecule has 128 valence electrons. The number of anilines is 2. The number of furan rings is 1. The van der Waals surface area contributed by atoms with Gasteiger partial charge in [-0.05, 0) is 41.8 Å². The van der Waals surface area contributed by atoms with Crippen LogP contribution in [0.4, 0.5) is 17.3 Å². The summed E-state index contributed by atoms with van der Waals surface area (Å²) < 4.78 is 32.6. The second-order valence-corrected chi connectivity index (χ2v) is 8.22. The first-order valence-electron chi connectivity index (χ1n) is 7.36. The zero-order chi connectivity index (χ0) is 17.4. The molecule has 0 fully saturated rings. The molecule has 3 heterocycles. The van der Waals surface area contributed by atoms with Crippen molar-refractivity contribution in [1.82, 2.24) is 0 Å². The van der Waals surface area contributed by atoms with E-state index >= 15 is 0 Å². The van der Waals surface area contributed by atoms with Gasteiger partial charge in [-0.1, -0.05) is 6.07 Å². The van der Waals surface area contributed by atoms with Crippen LogP contribution < -0.4 is 15.4 Å². The van der Waals surface area contributed by atoms with Gasteiger partial charge in [0, 0.05) is 11.4 Å². The van der Waals surface area contributed by atoms with Crippen LogP contribution in [0.2, 0.25) is 0 Å². The fourth-order valence-electron chi connectivity index (χ4n) is 2.53. The number of hydrogen-bond donors (Lipinski definition) is 2. The van der Waals surface area contributed by atoms with E-state index in [0.29, 0.717) is 11.6 Å².